The Morgan fingerprint density at radius 2 is 2.26 bits per heavy atom. The molecule has 0 saturated heterocycles. The van der Waals surface area contributed by atoms with Crippen LogP contribution in [-0.4, -0.2) is 16.5 Å². The molecule has 2 aromatic rings. The number of benzene rings is 1. The molecule has 1 amide bonds. The van der Waals surface area contributed by atoms with E-state index in [4.69, 9.17) is 5.26 Å². The first-order valence-electron chi connectivity index (χ1n) is 6.43. The Morgan fingerprint density at radius 3 is 2.95 bits per heavy atom. The fourth-order valence-electron chi connectivity index (χ4n) is 2.04. The third-order valence-corrected chi connectivity index (χ3v) is 3.27. The molecular formula is C15H17N3O. The van der Waals surface area contributed by atoms with Gasteiger partial charge in [-0.1, -0.05) is 13.0 Å². The number of rotatable bonds is 4. The van der Waals surface area contributed by atoms with E-state index in [2.05, 4.69) is 11.4 Å². The number of nitrogens with zero attached hydrogens (tertiary/aromatic N) is 2. The highest BCUT2D eigenvalue weighted by Crippen LogP contribution is 2.19. The lowest BCUT2D eigenvalue weighted by Crippen LogP contribution is -2.34. The van der Waals surface area contributed by atoms with Crippen LogP contribution in [0.5, 0.6) is 0 Å². The van der Waals surface area contributed by atoms with Crippen LogP contribution in [0, 0.1) is 11.3 Å². The summed E-state index contributed by atoms with van der Waals surface area (Å²) in [5, 5.41) is 12.9. The standard InChI is InChI=1S/C15H17N3O/c1-3-11(2)17-15(19)10-18-8-7-13-12(9-16)5-4-6-14(13)18/h4-8,11H,3,10H2,1-2H3,(H,17,19). The third kappa shape index (κ3) is 2.76. The maximum absolute atomic E-state index is 11.9. The van der Waals surface area contributed by atoms with E-state index in [0.29, 0.717) is 5.56 Å². The summed E-state index contributed by atoms with van der Waals surface area (Å²) in [6.07, 6.45) is 2.76. The van der Waals surface area contributed by atoms with Crippen LogP contribution in [0.2, 0.25) is 0 Å². The summed E-state index contributed by atoms with van der Waals surface area (Å²) in [4.78, 5) is 11.9. The number of hydrogen-bond donors (Lipinski definition) is 1. The zero-order valence-corrected chi connectivity index (χ0v) is 11.2. The molecule has 4 heteroatoms. The second-order valence-corrected chi connectivity index (χ2v) is 4.67. The van der Waals surface area contributed by atoms with Gasteiger partial charge in [0, 0.05) is 23.1 Å². The van der Waals surface area contributed by atoms with Crippen molar-refractivity contribution in [3.63, 3.8) is 0 Å². The summed E-state index contributed by atoms with van der Waals surface area (Å²) >= 11 is 0. The van der Waals surface area contributed by atoms with E-state index in [1.165, 1.54) is 0 Å². The van der Waals surface area contributed by atoms with Crippen molar-refractivity contribution in [1.82, 2.24) is 9.88 Å². The van der Waals surface area contributed by atoms with Crippen molar-refractivity contribution < 1.29 is 4.79 Å². The first-order chi connectivity index (χ1) is 9.15. The monoisotopic (exact) mass is 255 g/mol. The Hall–Kier alpha value is -2.28. The molecule has 1 heterocycles. The van der Waals surface area contributed by atoms with E-state index in [9.17, 15) is 4.79 Å². The van der Waals surface area contributed by atoms with Crippen molar-refractivity contribution in [3.8, 4) is 6.07 Å². The molecule has 1 aromatic heterocycles. The van der Waals surface area contributed by atoms with Gasteiger partial charge in [0.1, 0.15) is 6.54 Å². The molecule has 0 spiro atoms. The number of hydrogen-bond acceptors (Lipinski definition) is 2. The fourth-order valence-corrected chi connectivity index (χ4v) is 2.04. The van der Waals surface area contributed by atoms with Crippen molar-refractivity contribution in [1.29, 1.82) is 5.26 Å². The van der Waals surface area contributed by atoms with E-state index in [-0.39, 0.29) is 18.5 Å². The minimum Gasteiger partial charge on any atom is -0.352 e. The van der Waals surface area contributed by atoms with Crippen LogP contribution in [0.4, 0.5) is 0 Å². The first-order valence-corrected chi connectivity index (χ1v) is 6.43. The number of carbonyl (C=O) groups excluding carboxylic acids is 1. The van der Waals surface area contributed by atoms with E-state index in [0.717, 1.165) is 17.3 Å². The predicted octanol–water partition coefficient (Wildman–Crippen LogP) is 2.43. The molecule has 4 nitrogen and oxygen atoms in total. The molecule has 1 atom stereocenters. The lowest BCUT2D eigenvalue weighted by atomic mass is 10.1. The molecular weight excluding hydrogens is 238 g/mol. The molecule has 0 fully saturated rings. The Bertz CT molecular complexity index is 636. The van der Waals surface area contributed by atoms with Gasteiger partial charge < -0.3 is 9.88 Å². The molecule has 0 aliphatic heterocycles. The average molecular weight is 255 g/mol. The average Bonchev–Trinajstić information content (AvgIpc) is 2.81. The fraction of sp³-hybridized carbons (Fsp3) is 0.333. The topological polar surface area (TPSA) is 57.8 Å². The zero-order valence-electron chi connectivity index (χ0n) is 11.2. The number of nitriles is 1. The minimum absolute atomic E-state index is 0.00536. The Balaban J connectivity index is 2.23. The van der Waals surface area contributed by atoms with E-state index >= 15 is 0 Å². The van der Waals surface area contributed by atoms with Gasteiger partial charge in [-0.25, -0.2) is 0 Å². The summed E-state index contributed by atoms with van der Waals surface area (Å²) in [5.74, 6) is -0.00536. The van der Waals surface area contributed by atoms with Gasteiger partial charge in [-0.15, -0.1) is 0 Å². The van der Waals surface area contributed by atoms with Crippen molar-refractivity contribution in [2.75, 3.05) is 0 Å². The van der Waals surface area contributed by atoms with Crippen LogP contribution in [0.3, 0.4) is 0 Å². The minimum atomic E-state index is -0.00536. The largest absolute Gasteiger partial charge is 0.352 e. The van der Waals surface area contributed by atoms with Crippen LogP contribution in [-0.2, 0) is 11.3 Å². The summed E-state index contributed by atoms with van der Waals surface area (Å²) in [7, 11) is 0. The first kappa shape index (κ1) is 13.2. The normalized spacial score (nSPS) is 12.1. The maximum Gasteiger partial charge on any atom is 0.240 e. The van der Waals surface area contributed by atoms with Gasteiger partial charge in [-0.05, 0) is 31.5 Å². The SMILES string of the molecule is CCC(C)NC(=O)Cn1ccc2c(C#N)cccc21. The van der Waals surface area contributed by atoms with Crippen LogP contribution < -0.4 is 5.32 Å². The zero-order chi connectivity index (χ0) is 13.8. The molecule has 1 N–H and O–H groups in total. The summed E-state index contributed by atoms with van der Waals surface area (Å²) in [6.45, 7) is 4.30. The molecule has 0 aliphatic rings. The van der Waals surface area contributed by atoms with E-state index in [1.807, 2.05) is 42.8 Å². The van der Waals surface area contributed by atoms with E-state index in [1.54, 1.807) is 6.07 Å². The molecule has 0 aliphatic carbocycles. The van der Waals surface area contributed by atoms with Crippen LogP contribution >= 0.6 is 0 Å². The smallest absolute Gasteiger partial charge is 0.240 e. The van der Waals surface area contributed by atoms with Gasteiger partial charge in [0.15, 0.2) is 0 Å². The van der Waals surface area contributed by atoms with Crippen LogP contribution in [0.25, 0.3) is 10.9 Å². The molecule has 1 unspecified atom stereocenters. The molecule has 0 radical (unpaired) electrons. The second kappa shape index (κ2) is 5.57. The van der Waals surface area contributed by atoms with Crippen LogP contribution in [0.15, 0.2) is 30.5 Å². The highest BCUT2D eigenvalue weighted by atomic mass is 16.2. The molecule has 1 aromatic carbocycles. The Kier molecular flexibility index (Phi) is 3.86. The quantitative estimate of drug-likeness (QED) is 0.912. The number of nitrogens with one attached hydrogen (secondary N) is 1. The molecule has 98 valence electrons. The number of fused-ring (bicyclic) bond motifs is 1. The summed E-state index contributed by atoms with van der Waals surface area (Å²) in [6, 6.07) is 9.77. The number of carbonyl (C=O) groups is 1. The van der Waals surface area contributed by atoms with Gasteiger partial charge >= 0.3 is 0 Å². The Labute approximate surface area is 112 Å². The summed E-state index contributed by atoms with van der Waals surface area (Å²) < 4.78 is 1.87. The van der Waals surface area contributed by atoms with Gasteiger partial charge in [0.25, 0.3) is 0 Å². The lowest BCUT2D eigenvalue weighted by Gasteiger charge is -2.12. The van der Waals surface area contributed by atoms with Crippen LogP contribution in [0.1, 0.15) is 25.8 Å². The molecule has 0 bridgehead atoms. The van der Waals surface area contributed by atoms with Crippen molar-refractivity contribution in [2.24, 2.45) is 0 Å². The highest BCUT2D eigenvalue weighted by Gasteiger charge is 2.09. The number of aromatic nitrogens is 1. The van der Waals surface area contributed by atoms with Gasteiger partial charge in [0.2, 0.25) is 5.91 Å². The summed E-state index contributed by atoms with van der Waals surface area (Å²) in [5.41, 5.74) is 1.55. The van der Waals surface area contributed by atoms with Crippen molar-refractivity contribution >= 4 is 16.8 Å². The Morgan fingerprint density at radius 1 is 1.47 bits per heavy atom. The molecule has 2 rings (SSSR count). The van der Waals surface area contributed by atoms with Gasteiger partial charge in [0.05, 0.1) is 11.6 Å². The predicted molar refractivity (Wildman–Crippen MR) is 74.5 cm³/mol. The van der Waals surface area contributed by atoms with Crippen molar-refractivity contribution in [2.45, 2.75) is 32.9 Å². The molecule has 19 heavy (non-hydrogen) atoms. The van der Waals surface area contributed by atoms with Gasteiger partial charge in [-0.2, -0.15) is 5.26 Å². The number of amides is 1. The van der Waals surface area contributed by atoms with E-state index < -0.39 is 0 Å². The third-order valence-electron chi connectivity index (χ3n) is 3.27. The highest BCUT2D eigenvalue weighted by molar-refractivity contribution is 5.87. The molecule has 0 saturated carbocycles. The lowest BCUT2D eigenvalue weighted by molar-refractivity contribution is -0.122. The second-order valence-electron chi connectivity index (χ2n) is 4.67. The van der Waals surface area contributed by atoms with Gasteiger partial charge in [-0.3, -0.25) is 4.79 Å². The van der Waals surface area contributed by atoms with Crippen molar-refractivity contribution in [3.05, 3.63) is 36.0 Å². The maximum atomic E-state index is 11.9.